The number of hydrogen-bond donors (Lipinski definition) is 3. The summed E-state index contributed by atoms with van der Waals surface area (Å²) < 4.78 is 42.3. The van der Waals surface area contributed by atoms with Crippen LogP contribution in [0.1, 0.15) is 24.5 Å². The van der Waals surface area contributed by atoms with Gasteiger partial charge in [0.2, 0.25) is 0 Å². The molecular weight excluding hydrogens is 337 g/mol. The van der Waals surface area contributed by atoms with Gasteiger partial charge in [0, 0.05) is 13.7 Å². The number of benzene rings is 1. The van der Waals surface area contributed by atoms with Gasteiger partial charge in [0.05, 0.1) is 16.8 Å². The van der Waals surface area contributed by atoms with Gasteiger partial charge in [-0.25, -0.2) is 0 Å². The Bertz CT molecular complexity index is 638. The minimum absolute atomic E-state index is 0.0101. The maximum Gasteiger partial charge on any atom is 0.416 e. The third-order valence-corrected chi connectivity index (χ3v) is 3.36. The fraction of sp³-hybridized carbons (Fsp3) is 0.353. The summed E-state index contributed by atoms with van der Waals surface area (Å²) in [6, 6.07) is 4.44. The summed E-state index contributed by atoms with van der Waals surface area (Å²) in [5, 5.41) is 15.4. The predicted molar refractivity (Wildman–Crippen MR) is 87.4 cm³/mol. The summed E-state index contributed by atoms with van der Waals surface area (Å²) >= 11 is 0. The van der Waals surface area contributed by atoms with Gasteiger partial charge in [-0.05, 0) is 24.1 Å². The Labute approximate surface area is 144 Å². The zero-order chi connectivity index (χ0) is 19.0. The van der Waals surface area contributed by atoms with Crippen LogP contribution in [0.3, 0.4) is 0 Å². The Balaban J connectivity index is 2.69. The summed E-state index contributed by atoms with van der Waals surface area (Å²) in [6.07, 6.45) is -3.97. The molecule has 0 radical (unpaired) electrons. The van der Waals surface area contributed by atoms with Crippen LogP contribution in [0.5, 0.6) is 0 Å². The molecule has 0 saturated carbocycles. The summed E-state index contributed by atoms with van der Waals surface area (Å²) in [5.74, 6) is -0.910. The molecule has 1 rings (SSSR count). The lowest BCUT2D eigenvalue weighted by Crippen LogP contribution is -2.27. The van der Waals surface area contributed by atoms with E-state index in [-0.39, 0.29) is 24.6 Å². The summed E-state index contributed by atoms with van der Waals surface area (Å²) in [5.41, 5.74) is -0.0147. The fourth-order valence-electron chi connectivity index (χ4n) is 1.93. The van der Waals surface area contributed by atoms with Gasteiger partial charge in [-0.1, -0.05) is 25.6 Å². The Kier molecular flexibility index (Phi) is 7.50. The second-order valence-corrected chi connectivity index (χ2v) is 5.15. The van der Waals surface area contributed by atoms with E-state index in [1.54, 1.807) is 6.92 Å². The molecule has 0 spiro atoms. The molecule has 0 bridgehead atoms. The standard InChI is InChI=1S/C17H21F3N2O3/c1-4-14(22-10-25-3)15(23)11(2)16(24)21-9-12-5-7-13(8-6-12)17(18,19)20/h5-8,22-23H,2,4,9-10H2,1,3H3,(H,21,24)/b15-14-. The number of methoxy groups -OCH3 is 1. The van der Waals surface area contributed by atoms with Crippen molar-refractivity contribution in [3.8, 4) is 0 Å². The van der Waals surface area contributed by atoms with Crippen molar-refractivity contribution in [1.82, 2.24) is 10.6 Å². The maximum atomic E-state index is 12.5. The molecule has 0 fully saturated rings. The minimum Gasteiger partial charge on any atom is -0.505 e. The number of aliphatic hydroxyl groups excluding tert-OH is 1. The average molecular weight is 358 g/mol. The highest BCUT2D eigenvalue weighted by molar-refractivity contribution is 5.96. The first-order chi connectivity index (χ1) is 11.7. The van der Waals surface area contributed by atoms with Crippen LogP contribution >= 0.6 is 0 Å². The monoisotopic (exact) mass is 358 g/mol. The quantitative estimate of drug-likeness (QED) is 0.289. The molecule has 138 valence electrons. The van der Waals surface area contributed by atoms with Crippen LogP contribution in [0, 0.1) is 0 Å². The van der Waals surface area contributed by atoms with E-state index in [0.717, 1.165) is 12.1 Å². The van der Waals surface area contributed by atoms with Gasteiger partial charge in [-0.2, -0.15) is 13.2 Å². The van der Waals surface area contributed by atoms with Crippen molar-refractivity contribution in [3.05, 3.63) is 59.0 Å². The zero-order valence-electron chi connectivity index (χ0n) is 14.0. The highest BCUT2D eigenvalue weighted by Crippen LogP contribution is 2.29. The van der Waals surface area contributed by atoms with E-state index < -0.39 is 17.6 Å². The molecule has 0 atom stereocenters. The van der Waals surface area contributed by atoms with Crippen LogP contribution in [0.2, 0.25) is 0 Å². The third kappa shape index (κ3) is 6.15. The molecule has 0 aromatic heterocycles. The molecule has 1 aromatic rings. The summed E-state index contributed by atoms with van der Waals surface area (Å²) in [6.45, 7) is 5.49. The lowest BCUT2D eigenvalue weighted by molar-refractivity contribution is -0.137. The molecule has 1 amide bonds. The van der Waals surface area contributed by atoms with Crippen molar-refractivity contribution in [2.24, 2.45) is 0 Å². The van der Waals surface area contributed by atoms with E-state index >= 15 is 0 Å². The second-order valence-electron chi connectivity index (χ2n) is 5.15. The second kappa shape index (κ2) is 9.12. The summed E-state index contributed by atoms with van der Waals surface area (Å²) in [4.78, 5) is 12.0. The number of alkyl halides is 3. The van der Waals surface area contributed by atoms with Gasteiger partial charge in [-0.15, -0.1) is 0 Å². The van der Waals surface area contributed by atoms with Gasteiger partial charge in [-0.3, -0.25) is 4.79 Å². The third-order valence-electron chi connectivity index (χ3n) is 3.36. The maximum absolute atomic E-state index is 12.5. The van der Waals surface area contributed by atoms with Crippen molar-refractivity contribution in [2.75, 3.05) is 13.8 Å². The molecule has 8 heteroatoms. The zero-order valence-corrected chi connectivity index (χ0v) is 14.0. The van der Waals surface area contributed by atoms with Crippen LogP contribution in [-0.2, 0) is 22.3 Å². The number of nitrogens with one attached hydrogen (secondary N) is 2. The van der Waals surface area contributed by atoms with Crippen molar-refractivity contribution in [1.29, 1.82) is 0 Å². The smallest absolute Gasteiger partial charge is 0.416 e. The van der Waals surface area contributed by atoms with E-state index in [1.807, 2.05) is 0 Å². The van der Waals surface area contributed by atoms with E-state index in [2.05, 4.69) is 17.2 Å². The highest BCUT2D eigenvalue weighted by Gasteiger charge is 2.29. The molecule has 0 aliphatic rings. The number of carbonyl (C=O) groups excluding carboxylic acids is 1. The summed E-state index contributed by atoms with van der Waals surface area (Å²) in [7, 11) is 1.48. The van der Waals surface area contributed by atoms with E-state index in [4.69, 9.17) is 4.74 Å². The van der Waals surface area contributed by atoms with E-state index in [1.165, 1.54) is 19.2 Å². The number of amides is 1. The fourth-order valence-corrected chi connectivity index (χ4v) is 1.93. The number of aliphatic hydroxyl groups is 1. The number of rotatable bonds is 8. The molecule has 0 aliphatic heterocycles. The van der Waals surface area contributed by atoms with E-state index in [9.17, 15) is 23.1 Å². The topological polar surface area (TPSA) is 70.6 Å². The molecule has 1 aromatic carbocycles. The minimum atomic E-state index is -4.40. The molecule has 0 heterocycles. The lowest BCUT2D eigenvalue weighted by atomic mass is 10.1. The van der Waals surface area contributed by atoms with Crippen LogP contribution in [0.15, 0.2) is 47.9 Å². The van der Waals surface area contributed by atoms with Gasteiger partial charge in [0.25, 0.3) is 5.91 Å². The van der Waals surface area contributed by atoms with Crippen LogP contribution < -0.4 is 10.6 Å². The predicted octanol–water partition coefficient (Wildman–Crippen LogP) is 3.25. The Hall–Kier alpha value is -2.48. The lowest BCUT2D eigenvalue weighted by Gasteiger charge is -2.13. The SMILES string of the molecule is C=C(C(=O)NCc1ccc(C(F)(F)F)cc1)/C(O)=C(\CC)NCOC. The molecular formula is C17H21F3N2O3. The number of hydrogen-bond acceptors (Lipinski definition) is 4. The first-order valence-corrected chi connectivity index (χ1v) is 7.49. The Morgan fingerprint density at radius 3 is 2.32 bits per heavy atom. The van der Waals surface area contributed by atoms with Crippen molar-refractivity contribution in [3.63, 3.8) is 0 Å². The first-order valence-electron chi connectivity index (χ1n) is 7.49. The van der Waals surface area contributed by atoms with Gasteiger partial charge < -0.3 is 20.5 Å². The van der Waals surface area contributed by atoms with Gasteiger partial charge in [0.1, 0.15) is 12.5 Å². The van der Waals surface area contributed by atoms with Crippen molar-refractivity contribution >= 4 is 5.91 Å². The van der Waals surface area contributed by atoms with E-state index in [0.29, 0.717) is 17.7 Å². The van der Waals surface area contributed by atoms with Crippen LogP contribution in [-0.4, -0.2) is 24.9 Å². The highest BCUT2D eigenvalue weighted by atomic mass is 19.4. The number of ether oxygens (including phenoxy) is 1. The van der Waals surface area contributed by atoms with Gasteiger partial charge >= 0.3 is 6.18 Å². The Morgan fingerprint density at radius 2 is 1.84 bits per heavy atom. The van der Waals surface area contributed by atoms with Crippen LogP contribution in [0.25, 0.3) is 0 Å². The normalized spacial score (nSPS) is 12.4. The molecule has 3 N–H and O–H groups in total. The first kappa shape index (κ1) is 20.6. The molecule has 0 aliphatic carbocycles. The average Bonchev–Trinajstić information content (AvgIpc) is 2.59. The number of allylic oxidation sites excluding steroid dienone is 1. The molecule has 25 heavy (non-hydrogen) atoms. The Morgan fingerprint density at radius 1 is 1.24 bits per heavy atom. The molecule has 0 unspecified atom stereocenters. The number of carbonyl (C=O) groups is 1. The molecule has 0 saturated heterocycles. The number of halogens is 3. The molecule has 5 nitrogen and oxygen atoms in total. The van der Waals surface area contributed by atoms with Crippen molar-refractivity contribution in [2.45, 2.75) is 26.1 Å². The van der Waals surface area contributed by atoms with Gasteiger partial charge in [0.15, 0.2) is 0 Å². The van der Waals surface area contributed by atoms with Crippen LogP contribution in [0.4, 0.5) is 13.2 Å². The van der Waals surface area contributed by atoms with Crippen molar-refractivity contribution < 1.29 is 27.8 Å². The largest absolute Gasteiger partial charge is 0.505 e.